The van der Waals surface area contributed by atoms with Gasteiger partial charge in [-0.15, -0.1) is 0 Å². The Morgan fingerprint density at radius 1 is 1.19 bits per heavy atom. The Balaban J connectivity index is 2.03. The molecule has 21 heavy (non-hydrogen) atoms. The van der Waals surface area contributed by atoms with Gasteiger partial charge in [-0.2, -0.15) is 0 Å². The second-order valence-corrected chi connectivity index (χ2v) is 5.75. The second kappa shape index (κ2) is 3.52. The van der Waals surface area contributed by atoms with E-state index in [0.717, 1.165) is 6.54 Å². The molecule has 0 aliphatic carbocycles. The van der Waals surface area contributed by atoms with Crippen LogP contribution in [0.4, 0.5) is 0 Å². The quantitative estimate of drug-likeness (QED) is 0.399. The van der Waals surface area contributed by atoms with Crippen molar-refractivity contribution in [2.45, 2.75) is 6.54 Å². The molecule has 1 aliphatic heterocycles. The summed E-state index contributed by atoms with van der Waals surface area (Å²) in [4.78, 5) is 4.27. The molecule has 0 saturated heterocycles. The third-order valence-corrected chi connectivity index (χ3v) is 4.69. The van der Waals surface area contributed by atoms with Crippen LogP contribution in [0.5, 0.6) is 0 Å². The number of imidazole rings is 1. The summed E-state index contributed by atoms with van der Waals surface area (Å²) in [5.41, 5.74) is 6.49. The van der Waals surface area contributed by atoms with Gasteiger partial charge < -0.3 is 0 Å². The predicted molar refractivity (Wildman–Crippen MR) is 81.9 cm³/mol. The van der Waals surface area contributed by atoms with Crippen LogP contribution in [-0.4, -0.2) is 14.1 Å². The van der Waals surface area contributed by atoms with E-state index in [0.29, 0.717) is 0 Å². The van der Waals surface area contributed by atoms with Crippen LogP contribution in [0.25, 0.3) is 33.5 Å². The zero-order valence-corrected chi connectivity index (χ0v) is 12.0. The Labute approximate surface area is 121 Å². The Kier molecular flexibility index (Phi) is 1.86. The molecule has 0 radical (unpaired) electrons. The van der Waals surface area contributed by atoms with Crippen molar-refractivity contribution in [3.63, 3.8) is 0 Å². The lowest BCUT2D eigenvalue weighted by Gasteiger charge is -1.98. The fourth-order valence-electron chi connectivity index (χ4n) is 3.81. The Bertz CT molecular complexity index is 1040. The van der Waals surface area contributed by atoms with Gasteiger partial charge in [0.2, 0.25) is 5.82 Å². The van der Waals surface area contributed by atoms with Crippen molar-refractivity contribution in [1.82, 2.24) is 14.1 Å². The summed E-state index contributed by atoms with van der Waals surface area (Å²) < 4.78 is 6.98. The molecule has 0 fully saturated rings. The number of benzene rings is 1. The lowest BCUT2D eigenvalue weighted by atomic mass is 10.1. The van der Waals surface area contributed by atoms with Crippen LogP contribution in [0.2, 0.25) is 0 Å². The van der Waals surface area contributed by atoms with Crippen molar-refractivity contribution < 1.29 is 4.57 Å². The van der Waals surface area contributed by atoms with Crippen LogP contribution < -0.4 is 4.57 Å². The SMILES string of the molecule is Cn1c2cnccc2c2c1[n+](C)c1n2Cc2ccccc2-1. The smallest absolute Gasteiger partial charge is 0.261 e. The highest BCUT2D eigenvalue weighted by atomic mass is 15.2. The summed E-state index contributed by atoms with van der Waals surface area (Å²) >= 11 is 0. The van der Waals surface area contributed by atoms with Gasteiger partial charge in [0, 0.05) is 6.20 Å². The maximum Gasteiger partial charge on any atom is 0.269 e. The van der Waals surface area contributed by atoms with Gasteiger partial charge >= 0.3 is 0 Å². The molecule has 4 nitrogen and oxygen atoms in total. The summed E-state index contributed by atoms with van der Waals surface area (Å²) in [6, 6.07) is 10.8. The molecule has 0 atom stereocenters. The molecule has 1 aromatic carbocycles. The highest BCUT2D eigenvalue weighted by Gasteiger charge is 2.33. The minimum absolute atomic E-state index is 0.949. The molecule has 4 heteroatoms. The molecule has 0 spiro atoms. The van der Waals surface area contributed by atoms with E-state index < -0.39 is 0 Å². The minimum atomic E-state index is 0.949. The molecular weight excluding hydrogens is 260 g/mol. The standard InChI is InChI=1S/C17H15N4/c1-19-14-9-18-8-7-13(14)15-17(19)20(2)16-12-6-4-3-5-11(12)10-21(15)16/h3-9H,10H2,1-2H3/q+1. The molecule has 0 N–H and O–H groups in total. The van der Waals surface area contributed by atoms with Crippen molar-refractivity contribution in [2.75, 3.05) is 0 Å². The summed E-state index contributed by atoms with van der Waals surface area (Å²) in [5.74, 6) is 1.30. The number of hydrogen-bond acceptors (Lipinski definition) is 1. The Morgan fingerprint density at radius 3 is 2.95 bits per heavy atom. The monoisotopic (exact) mass is 275 g/mol. The second-order valence-electron chi connectivity index (χ2n) is 5.75. The molecule has 0 amide bonds. The first-order valence-electron chi connectivity index (χ1n) is 7.16. The van der Waals surface area contributed by atoms with Crippen LogP contribution >= 0.6 is 0 Å². The number of aromatic nitrogens is 4. The minimum Gasteiger partial charge on any atom is -0.261 e. The summed E-state index contributed by atoms with van der Waals surface area (Å²) in [6.07, 6.45) is 3.83. The third kappa shape index (κ3) is 1.17. The molecule has 3 aromatic heterocycles. The van der Waals surface area contributed by atoms with Gasteiger partial charge in [0.1, 0.15) is 5.52 Å². The summed E-state index contributed by atoms with van der Waals surface area (Å²) in [5, 5.41) is 1.28. The zero-order valence-electron chi connectivity index (χ0n) is 12.0. The molecule has 0 unspecified atom stereocenters. The maximum atomic E-state index is 4.27. The highest BCUT2D eigenvalue weighted by Crippen LogP contribution is 2.36. The van der Waals surface area contributed by atoms with Gasteiger partial charge in [0.15, 0.2) is 5.52 Å². The van der Waals surface area contributed by atoms with Crippen molar-refractivity contribution in [3.8, 4) is 11.4 Å². The number of aryl methyl sites for hydroxylation is 2. The van der Waals surface area contributed by atoms with E-state index in [4.69, 9.17) is 0 Å². The average molecular weight is 275 g/mol. The van der Waals surface area contributed by atoms with E-state index >= 15 is 0 Å². The lowest BCUT2D eigenvalue weighted by molar-refractivity contribution is -0.636. The van der Waals surface area contributed by atoms with Crippen LogP contribution in [-0.2, 0) is 20.6 Å². The Morgan fingerprint density at radius 2 is 2.05 bits per heavy atom. The van der Waals surface area contributed by atoms with E-state index in [2.05, 4.69) is 63.1 Å². The summed E-state index contributed by atoms with van der Waals surface area (Å²) in [7, 11) is 4.27. The third-order valence-electron chi connectivity index (χ3n) is 4.69. The molecule has 1 aliphatic rings. The van der Waals surface area contributed by atoms with Crippen LogP contribution in [0.1, 0.15) is 5.56 Å². The zero-order chi connectivity index (χ0) is 14.1. The van der Waals surface area contributed by atoms with E-state index in [1.54, 1.807) is 0 Å². The molecular formula is C17H15N4+. The van der Waals surface area contributed by atoms with Gasteiger partial charge in [-0.25, -0.2) is 9.13 Å². The topological polar surface area (TPSA) is 26.6 Å². The maximum absolute atomic E-state index is 4.27. The van der Waals surface area contributed by atoms with Crippen LogP contribution in [0.15, 0.2) is 42.7 Å². The summed E-state index contributed by atoms with van der Waals surface area (Å²) in [6.45, 7) is 0.949. The first-order chi connectivity index (χ1) is 10.3. The predicted octanol–water partition coefficient (Wildman–Crippen LogP) is 2.38. The highest BCUT2D eigenvalue weighted by molar-refractivity contribution is 6.04. The molecule has 0 bridgehead atoms. The van der Waals surface area contributed by atoms with Gasteiger partial charge in [0.25, 0.3) is 5.65 Å². The van der Waals surface area contributed by atoms with E-state index in [1.165, 1.54) is 39.0 Å². The fraction of sp³-hybridized carbons (Fsp3) is 0.176. The molecule has 5 rings (SSSR count). The number of rotatable bonds is 0. The van der Waals surface area contributed by atoms with E-state index in [1.807, 2.05) is 12.4 Å². The van der Waals surface area contributed by atoms with Gasteiger partial charge in [-0.05, 0) is 17.7 Å². The van der Waals surface area contributed by atoms with E-state index in [-0.39, 0.29) is 0 Å². The molecule has 0 saturated carbocycles. The number of fused-ring (bicyclic) bond motifs is 7. The fourth-order valence-corrected chi connectivity index (χ4v) is 3.81. The molecule has 4 aromatic rings. The largest absolute Gasteiger partial charge is 0.269 e. The van der Waals surface area contributed by atoms with Crippen LogP contribution in [0, 0.1) is 0 Å². The lowest BCUT2D eigenvalue weighted by Crippen LogP contribution is -2.31. The first-order valence-corrected chi connectivity index (χ1v) is 7.16. The van der Waals surface area contributed by atoms with Gasteiger partial charge in [-0.3, -0.25) is 9.55 Å². The number of pyridine rings is 1. The normalized spacial score (nSPS) is 13.0. The van der Waals surface area contributed by atoms with Crippen molar-refractivity contribution in [3.05, 3.63) is 48.3 Å². The van der Waals surface area contributed by atoms with Crippen molar-refractivity contribution in [1.29, 1.82) is 0 Å². The van der Waals surface area contributed by atoms with Gasteiger partial charge in [-0.1, -0.05) is 18.2 Å². The molecule has 4 heterocycles. The van der Waals surface area contributed by atoms with Crippen LogP contribution in [0.3, 0.4) is 0 Å². The van der Waals surface area contributed by atoms with Crippen molar-refractivity contribution >= 4 is 22.1 Å². The van der Waals surface area contributed by atoms with Crippen molar-refractivity contribution in [2.24, 2.45) is 14.1 Å². The molecule has 102 valence electrons. The Hall–Kier alpha value is -2.62. The number of hydrogen-bond donors (Lipinski definition) is 0. The first kappa shape index (κ1) is 11.1. The average Bonchev–Trinajstić information content (AvgIpc) is 3.11. The number of nitrogens with zero attached hydrogens (tertiary/aromatic N) is 4. The van der Waals surface area contributed by atoms with Gasteiger partial charge in [0.05, 0.1) is 37.8 Å². The van der Waals surface area contributed by atoms with E-state index in [9.17, 15) is 0 Å².